The molecule has 1 aliphatic heterocycles. The molecule has 0 aliphatic carbocycles. The molecule has 0 spiro atoms. The number of carboxylic acid groups (broad SMARTS) is 1. The third kappa shape index (κ3) is 4.68. The summed E-state index contributed by atoms with van der Waals surface area (Å²) < 4.78 is 13.5. The number of hydrogen-bond donors (Lipinski definition) is 1. The summed E-state index contributed by atoms with van der Waals surface area (Å²) in [5.74, 6) is -1.36. The summed E-state index contributed by atoms with van der Waals surface area (Å²) in [4.78, 5) is 26.5. The highest BCUT2D eigenvalue weighted by Gasteiger charge is 2.22. The molecule has 122 valence electrons. The quantitative estimate of drug-likeness (QED) is 0.914. The standard InChI is InChI=1S/C15H19FN2O3.ClH/c1-11-2-3-12(10-13(11)16)15(21)18-8-6-17(7-9-18)5-4-14(19)20;/h2-3,10H,4-9H2,1H3,(H,19,20);1H. The van der Waals surface area contributed by atoms with Gasteiger partial charge >= 0.3 is 5.97 Å². The molecular weight excluding hydrogens is 311 g/mol. The molecule has 0 radical (unpaired) electrons. The van der Waals surface area contributed by atoms with E-state index in [0.717, 1.165) is 0 Å². The second-order valence-corrected chi connectivity index (χ2v) is 5.24. The van der Waals surface area contributed by atoms with E-state index >= 15 is 0 Å². The second kappa shape index (κ2) is 8.10. The van der Waals surface area contributed by atoms with Crippen LogP contribution in [0, 0.1) is 12.7 Å². The van der Waals surface area contributed by atoms with E-state index in [0.29, 0.717) is 43.9 Å². The van der Waals surface area contributed by atoms with Crippen molar-refractivity contribution in [2.45, 2.75) is 13.3 Å². The Morgan fingerprint density at radius 2 is 1.86 bits per heavy atom. The first kappa shape index (κ1) is 18.4. The van der Waals surface area contributed by atoms with E-state index in [4.69, 9.17) is 5.11 Å². The van der Waals surface area contributed by atoms with Crippen LogP contribution in [0.15, 0.2) is 18.2 Å². The van der Waals surface area contributed by atoms with Crippen LogP contribution in [0.5, 0.6) is 0 Å². The molecule has 1 aromatic carbocycles. The first-order valence-electron chi connectivity index (χ1n) is 6.97. The van der Waals surface area contributed by atoms with Gasteiger partial charge in [-0.2, -0.15) is 0 Å². The minimum absolute atomic E-state index is 0. The van der Waals surface area contributed by atoms with Gasteiger partial charge in [0.25, 0.3) is 5.91 Å². The number of carbonyl (C=O) groups is 2. The van der Waals surface area contributed by atoms with Crippen LogP contribution in [-0.4, -0.2) is 59.5 Å². The largest absolute Gasteiger partial charge is 0.481 e. The lowest BCUT2D eigenvalue weighted by molar-refractivity contribution is -0.137. The maximum Gasteiger partial charge on any atom is 0.304 e. The van der Waals surface area contributed by atoms with Crippen molar-refractivity contribution in [1.29, 1.82) is 0 Å². The van der Waals surface area contributed by atoms with Gasteiger partial charge in [0.05, 0.1) is 6.42 Å². The van der Waals surface area contributed by atoms with Crippen LogP contribution in [0.3, 0.4) is 0 Å². The molecule has 2 rings (SSSR count). The Morgan fingerprint density at radius 1 is 1.23 bits per heavy atom. The Morgan fingerprint density at radius 3 is 2.41 bits per heavy atom. The van der Waals surface area contributed by atoms with Crippen molar-refractivity contribution in [2.24, 2.45) is 0 Å². The minimum Gasteiger partial charge on any atom is -0.481 e. The fraction of sp³-hybridized carbons (Fsp3) is 0.467. The molecule has 5 nitrogen and oxygen atoms in total. The molecule has 22 heavy (non-hydrogen) atoms. The first-order chi connectivity index (χ1) is 9.97. The molecule has 0 aromatic heterocycles. The number of hydrogen-bond acceptors (Lipinski definition) is 3. The van der Waals surface area contributed by atoms with Gasteiger partial charge in [0.15, 0.2) is 0 Å². The van der Waals surface area contributed by atoms with Crippen LogP contribution < -0.4 is 0 Å². The highest BCUT2D eigenvalue weighted by molar-refractivity contribution is 5.94. The highest BCUT2D eigenvalue weighted by atomic mass is 35.5. The number of nitrogens with zero attached hydrogens (tertiary/aromatic N) is 2. The predicted octanol–water partition coefficient (Wildman–Crippen LogP) is 1.79. The topological polar surface area (TPSA) is 60.9 Å². The van der Waals surface area contributed by atoms with Crippen molar-refractivity contribution in [1.82, 2.24) is 9.80 Å². The monoisotopic (exact) mass is 330 g/mol. The lowest BCUT2D eigenvalue weighted by Crippen LogP contribution is -2.49. The molecule has 0 saturated carbocycles. The number of aryl methyl sites for hydroxylation is 1. The SMILES string of the molecule is Cc1ccc(C(=O)N2CCN(CCC(=O)O)CC2)cc1F.Cl. The van der Waals surface area contributed by atoms with Crippen LogP contribution in [0.2, 0.25) is 0 Å². The van der Waals surface area contributed by atoms with E-state index in [1.807, 2.05) is 4.90 Å². The third-order valence-electron chi connectivity index (χ3n) is 3.72. The molecule has 7 heteroatoms. The van der Waals surface area contributed by atoms with Crippen LogP contribution in [-0.2, 0) is 4.79 Å². The summed E-state index contributed by atoms with van der Waals surface area (Å²) >= 11 is 0. The second-order valence-electron chi connectivity index (χ2n) is 5.24. The smallest absolute Gasteiger partial charge is 0.304 e. The van der Waals surface area contributed by atoms with E-state index in [1.54, 1.807) is 24.0 Å². The number of rotatable bonds is 4. The van der Waals surface area contributed by atoms with Gasteiger partial charge in [-0.3, -0.25) is 14.5 Å². The van der Waals surface area contributed by atoms with Crippen molar-refractivity contribution in [2.75, 3.05) is 32.7 Å². The number of benzene rings is 1. The zero-order valence-electron chi connectivity index (χ0n) is 12.4. The Balaban J connectivity index is 0.00000242. The molecule has 1 aliphatic rings. The number of amides is 1. The van der Waals surface area contributed by atoms with Gasteiger partial charge in [0, 0.05) is 38.3 Å². The van der Waals surface area contributed by atoms with Crippen molar-refractivity contribution in [3.8, 4) is 0 Å². The summed E-state index contributed by atoms with van der Waals surface area (Å²) in [6, 6.07) is 4.51. The first-order valence-corrected chi connectivity index (χ1v) is 6.97. The van der Waals surface area contributed by atoms with E-state index in [-0.39, 0.29) is 30.6 Å². The van der Waals surface area contributed by atoms with Gasteiger partial charge < -0.3 is 10.0 Å². The van der Waals surface area contributed by atoms with Gasteiger partial charge in [-0.15, -0.1) is 12.4 Å². The van der Waals surface area contributed by atoms with Crippen LogP contribution >= 0.6 is 12.4 Å². The third-order valence-corrected chi connectivity index (χ3v) is 3.72. The zero-order valence-corrected chi connectivity index (χ0v) is 13.2. The molecule has 1 heterocycles. The minimum atomic E-state index is -0.816. The van der Waals surface area contributed by atoms with Crippen molar-refractivity contribution in [3.63, 3.8) is 0 Å². The van der Waals surface area contributed by atoms with Gasteiger partial charge in [-0.25, -0.2) is 4.39 Å². The van der Waals surface area contributed by atoms with E-state index in [1.165, 1.54) is 6.07 Å². The number of halogens is 2. The predicted molar refractivity (Wildman–Crippen MR) is 83.0 cm³/mol. The number of piperazine rings is 1. The molecule has 0 bridgehead atoms. The van der Waals surface area contributed by atoms with Gasteiger partial charge in [0.2, 0.25) is 0 Å². The lowest BCUT2D eigenvalue weighted by Gasteiger charge is -2.34. The Labute approximate surface area is 135 Å². The van der Waals surface area contributed by atoms with E-state index in [2.05, 4.69) is 0 Å². The Kier molecular flexibility index (Phi) is 6.77. The maximum absolute atomic E-state index is 13.5. The van der Waals surface area contributed by atoms with Gasteiger partial charge in [-0.1, -0.05) is 6.07 Å². The molecular formula is C15H20ClFN2O3. The average molecular weight is 331 g/mol. The van der Waals surface area contributed by atoms with Crippen molar-refractivity contribution < 1.29 is 19.1 Å². The van der Waals surface area contributed by atoms with Gasteiger partial charge in [0.1, 0.15) is 5.82 Å². The van der Waals surface area contributed by atoms with Crippen LogP contribution in [0.1, 0.15) is 22.3 Å². The lowest BCUT2D eigenvalue weighted by atomic mass is 10.1. The maximum atomic E-state index is 13.5. The van der Waals surface area contributed by atoms with E-state index < -0.39 is 5.97 Å². The number of carbonyl (C=O) groups excluding carboxylic acids is 1. The molecule has 1 amide bonds. The number of aliphatic carboxylic acids is 1. The average Bonchev–Trinajstić information content (AvgIpc) is 2.48. The summed E-state index contributed by atoms with van der Waals surface area (Å²) in [5.41, 5.74) is 0.877. The summed E-state index contributed by atoms with van der Waals surface area (Å²) in [6.45, 7) is 4.52. The Bertz CT molecular complexity index is 546. The van der Waals surface area contributed by atoms with Crippen molar-refractivity contribution >= 4 is 24.3 Å². The van der Waals surface area contributed by atoms with Crippen LogP contribution in [0.4, 0.5) is 4.39 Å². The molecule has 1 aromatic rings. The zero-order chi connectivity index (χ0) is 15.4. The molecule has 0 unspecified atom stereocenters. The normalized spacial score (nSPS) is 15.3. The summed E-state index contributed by atoms with van der Waals surface area (Å²) in [7, 11) is 0. The highest BCUT2D eigenvalue weighted by Crippen LogP contribution is 2.13. The molecule has 1 saturated heterocycles. The van der Waals surface area contributed by atoms with Crippen LogP contribution in [0.25, 0.3) is 0 Å². The Hall–Kier alpha value is -1.66. The fourth-order valence-corrected chi connectivity index (χ4v) is 2.34. The summed E-state index contributed by atoms with van der Waals surface area (Å²) in [5, 5.41) is 8.65. The summed E-state index contributed by atoms with van der Waals surface area (Å²) in [6.07, 6.45) is 0.108. The van der Waals surface area contributed by atoms with Crippen molar-refractivity contribution in [3.05, 3.63) is 35.1 Å². The van der Waals surface area contributed by atoms with E-state index in [9.17, 15) is 14.0 Å². The molecule has 1 fully saturated rings. The fourth-order valence-electron chi connectivity index (χ4n) is 2.34. The molecule has 0 atom stereocenters. The van der Waals surface area contributed by atoms with Gasteiger partial charge in [-0.05, 0) is 24.6 Å². The number of carboxylic acids is 1. The molecule has 1 N–H and O–H groups in total.